The van der Waals surface area contributed by atoms with Crippen molar-refractivity contribution in [3.8, 4) is 67.5 Å². The number of nitrogens with zero attached hydrogens (tertiary/aromatic N) is 3. The fourth-order valence-electron chi connectivity index (χ4n) is 10.5. The van der Waals surface area contributed by atoms with Crippen molar-refractivity contribution in [2.75, 3.05) is 0 Å². The molecule has 2 aliphatic rings. The van der Waals surface area contributed by atoms with Gasteiger partial charge in [0.1, 0.15) is 0 Å². The Morgan fingerprint density at radius 2 is 0.823 bits per heavy atom. The van der Waals surface area contributed by atoms with Crippen LogP contribution in [-0.2, 0) is 10.8 Å². The van der Waals surface area contributed by atoms with Gasteiger partial charge in [-0.1, -0.05) is 208 Å². The molecule has 0 fully saturated rings. The van der Waals surface area contributed by atoms with Gasteiger partial charge in [-0.25, -0.2) is 15.0 Å². The Kier molecular flexibility index (Phi) is 8.10. The summed E-state index contributed by atoms with van der Waals surface area (Å²) >= 11 is 0. The molecule has 3 nitrogen and oxygen atoms in total. The lowest BCUT2D eigenvalue weighted by atomic mass is 9.67. The minimum atomic E-state index is -0.454. The van der Waals surface area contributed by atoms with E-state index < -0.39 is 5.41 Å². The molecule has 62 heavy (non-hydrogen) atoms. The third-order valence-electron chi connectivity index (χ3n) is 13.4. The summed E-state index contributed by atoms with van der Waals surface area (Å²) < 4.78 is 0. The SMILES string of the molecule is CC1(C)c2ccccc2-c2ccc(-c3nc(-c4ccccc4)nc(-c4cccc(-c5ccc6ccc7c(c6c5)-c5ccccc5C7(c5ccccc5)c5ccccc5)c4)n3)cc21. The fraction of sp³-hybridized carbons (Fsp3) is 0.0678. The molecule has 0 atom stereocenters. The molecule has 12 rings (SSSR count). The minimum absolute atomic E-state index is 0.138. The lowest BCUT2D eigenvalue weighted by molar-refractivity contribution is 0.660. The first kappa shape index (κ1) is 36.1. The van der Waals surface area contributed by atoms with E-state index in [4.69, 9.17) is 15.0 Å². The summed E-state index contributed by atoms with van der Waals surface area (Å²) in [5, 5.41) is 2.45. The van der Waals surface area contributed by atoms with Crippen LogP contribution in [0.1, 0.15) is 47.2 Å². The van der Waals surface area contributed by atoms with E-state index in [-0.39, 0.29) is 5.41 Å². The molecule has 0 saturated carbocycles. The van der Waals surface area contributed by atoms with Crippen molar-refractivity contribution in [3.63, 3.8) is 0 Å². The zero-order valence-corrected chi connectivity index (χ0v) is 34.5. The predicted octanol–water partition coefficient (Wildman–Crippen LogP) is 14.4. The summed E-state index contributed by atoms with van der Waals surface area (Å²) in [6.45, 7) is 4.62. The highest BCUT2D eigenvalue weighted by atomic mass is 15.0. The van der Waals surface area contributed by atoms with Gasteiger partial charge in [-0.2, -0.15) is 0 Å². The highest BCUT2D eigenvalue weighted by Gasteiger charge is 2.46. The standard InChI is InChI=1S/C59H41N3/c1-58(2)50-27-14-12-25-46(50)47-33-31-43(37-53(47)58)57-61-55(39-17-6-3-7-18-39)60-56(62-57)42-20-16-19-40(35-42)41-30-29-38-32-34-52-54(49(38)36-41)48-26-13-15-28-51(48)59(52,44-21-8-4-9-22-44)45-23-10-5-11-24-45/h3-37H,1-2H3. The fourth-order valence-corrected chi connectivity index (χ4v) is 10.5. The highest BCUT2D eigenvalue weighted by Crippen LogP contribution is 2.58. The molecule has 0 amide bonds. The molecule has 0 radical (unpaired) electrons. The van der Waals surface area contributed by atoms with Gasteiger partial charge >= 0.3 is 0 Å². The number of benzene rings is 9. The van der Waals surface area contributed by atoms with Crippen molar-refractivity contribution in [1.29, 1.82) is 0 Å². The zero-order chi connectivity index (χ0) is 41.4. The molecule has 0 spiro atoms. The van der Waals surface area contributed by atoms with E-state index in [2.05, 4.69) is 208 Å². The maximum Gasteiger partial charge on any atom is 0.164 e. The average Bonchev–Trinajstić information content (AvgIpc) is 3.78. The topological polar surface area (TPSA) is 38.7 Å². The van der Waals surface area contributed by atoms with E-state index in [1.165, 1.54) is 66.4 Å². The molecule has 0 saturated heterocycles. The van der Waals surface area contributed by atoms with Gasteiger partial charge in [-0.15, -0.1) is 0 Å². The largest absolute Gasteiger partial charge is 0.208 e. The molecule has 1 heterocycles. The molecule has 292 valence electrons. The maximum absolute atomic E-state index is 5.23. The van der Waals surface area contributed by atoms with E-state index in [1.807, 2.05) is 18.2 Å². The van der Waals surface area contributed by atoms with E-state index >= 15 is 0 Å². The molecule has 0 aliphatic heterocycles. The minimum Gasteiger partial charge on any atom is -0.208 e. The first-order chi connectivity index (χ1) is 30.5. The quantitative estimate of drug-likeness (QED) is 0.168. The molecular weight excluding hydrogens is 751 g/mol. The highest BCUT2D eigenvalue weighted by molar-refractivity contribution is 6.05. The Hall–Kier alpha value is -7.75. The summed E-state index contributed by atoms with van der Waals surface area (Å²) in [6.07, 6.45) is 0. The predicted molar refractivity (Wildman–Crippen MR) is 254 cm³/mol. The molecule has 0 N–H and O–H groups in total. The van der Waals surface area contributed by atoms with Crippen LogP contribution in [0, 0.1) is 0 Å². The maximum atomic E-state index is 5.23. The van der Waals surface area contributed by atoms with Crippen LogP contribution in [0.5, 0.6) is 0 Å². The molecule has 0 unspecified atom stereocenters. The van der Waals surface area contributed by atoms with Crippen molar-refractivity contribution < 1.29 is 0 Å². The van der Waals surface area contributed by atoms with Crippen LogP contribution in [0.2, 0.25) is 0 Å². The van der Waals surface area contributed by atoms with Gasteiger partial charge in [-0.3, -0.25) is 0 Å². The first-order valence-corrected chi connectivity index (χ1v) is 21.4. The number of hydrogen-bond donors (Lipinski definition) is 0. The third kappa shape index (κ3) is 5.41. The Balaban J connectivity index is 1.01. The summed E-state index contributed by atoms with van der Waals surface area (Å²) in [6, 6.07) is 76.9. The molecular formula is C59H41N3. The lowest BCUT2D eigenvalue weighted by Gasteiger charge is -2.33. The van der Waals surface area contributed by atoms with E-state index in [0.717, 1.165) is 27.8 Å². The van der Waals surface area contributed by atoms with E-state index in [0.29, 0.717) is 17.5 Å². The number of hydrogen-bond acceptors (Lipinski definition) is 3. The van der Waals surface area contributed by atoms with Gasteiger partial charge in [-0.05, 0) is 95.7 Å². The molecule has 9 aromatic carbocycles. The van der Waals surface area contributed by atoms with Gasteiger partial charge < -0.3 is 0 Å². The zero-order valence-electron chi connectivity index (χ0n) is 34.5. The van der Waals surface area contributed by atoms with Gasteiger partial charge in [0.25, 0.3) is 0 Å². The normalized spacial score (nSPS) is 13.9. The summed E-state index contributed by atoms with van der Waals surface area (Å²) in [5.74, 6) is 1.96. The van der Waals surface area contributed by atoms with Crippen LogP contribution in [0.3, 0.4) is 0 Å². The molecule has 10 aromatic rings. The van der Waals surface area contributed by atoms with Crippen LogP contribution in [-0.4, -0.2) is 15.0 Å². The molecule has 1 aromatic heterocycles. The molecule has 2 aliphatic carbocycles. The van der Waals surface area contributed by atoms with Crippen LogP contribution in [0.4, 0.5) is 0 Å². The summed E-state index contributed by atoms with van der Waals surface area (Å²) in [4.78, 5) is 15.5. The van der Waals surface area contributed by atoms with Gasteiger partial charge in [0.15, 0.2) is 17.5 Å². The van der Waals surface area contributed by atoms with Crippen molar-refractivity contribution in [1.82, 2.24) is 15.0 Å². The number of rotatable bonds is 6. The Morgan fingerprint density at radius 1 is 0.323 bits per heavy atom. The van der Waals surface area contributed by atoms with Crippen molar-refractivity contribution in [2.24, 2.45) is 0 Å². The third-order valence-corrected chi connectivity index (χ3v) is 13.4. The van der Waals surface area contributed by atoms with Gasteiger partial charge in [0.05, 0.1) is 5.41 Å². The van der Waals surface area contributed by atoms with Crippen LogP contribution in [0.25, 0.3) is 78.3 Å². The molecule has 3 heteroatoms. The van der Waals surface area contributed by atoms with E-state index in [1.54, 1.807) is 0 Å². The van der Waals surface area contributed by atoms with Crippen LogP contribution >= 0.6 is 0 Å². The Labute approximate surface area is 362 Å². The second-order valence-electron chi connectivity index (χ2n) is 17.1. The van der Waals surface area contributed by atoms with E-state index in [9.17, 15) is 0 Å². The van der Waals surface area contributed by atoms with Crippen molar-refractivity contribution in [2.45, 2.75) is 24.7 Å². The number of fused-ring (bicyclic) bond motifs is 8. The monoisotopic (exact) mass is 791 g/mol. The van der Waals surface area contributed by atoms with Crippen LogP contribution in [0.15, 0.2) is 212 Å². The Morgan fingerprint density at radius 3 is 1.53 bits per heavy atom. The summed E-state index contributed by atoms with van der Waals surface area (Å²) in [7, 11) is 0. The van der Waals surface area contributed by atoms with Gasteiger partial charge in [0, 0.05) is 22.1 Å². The summed E-state index contributed by atoms with van der Waals surface area (Å²) in [5.41, 5.74) is 17.4. The van der Waals surface area contributed by atoms with Crippen molar-refractivity contribution in [3.05, 3.63) is 246 Å². The number of aromatic nitrogens is 3. The second-order valence-corrected chi connectivity index (χ2v) is 17.1. The first-order valence-electron chi connectivity index (χ1n) is 21.4. The smallest absolute Gasteiger partial charge is 0.164 e. The average molecular weight is 792 g/mol. The second kappa shape index (κ2) is 13.9. The van der Waals surface area contributed by atoms with Crippen molar-refractivity contribution >= 4 is 10.8 Å². The lowest BCUT2D eigenvalue weighted by Crippen LogP contribution is -2.28. The molecule has 0 bridgehead atoms. The van der Waals surface area contributed by atoms with Crippen LogP contribution < -0.4 is 0 Å². The van der Waals surface area contributed by atoms with Gasteiger partial charge in [0.2, 0.25) is 0 Å². The Bertz CT molecular complexity index is 3330.